The number of nitrogens with zero attached hydrogens (tertiary/aromatic N) is 1. The van der Waals surface area contributed by atoms with Crippen LogP contribution < -0.4 is 10.2 Å². The van der Waals surface area contributed by atoms with Gasteiger partial charge in [0.25, 0.3) is 0 Å². The summed E-state index contributed by atoms with van der Waals surface area (Å²) in [4.78, 5) is 2.08. The summed E-state index contributed by atoms with van der Waals surface area (Å²) in [6, 6.07) is 4.90. The van der Waals surface area contributed by atoms with Crippen LogP contribution in [0.2, 0.25) is 0 Å². The van der Waals surface area contributed by atoms with Crippen molar-refractivity contribution in [2.24, 2.45) is 5.92 Å². The first kappa shape index (κ1) is 16.1. The largest absolute Gasteiger partial charge is 0.416 e. The molecule has 1 aromatic rings. The summed E-state index contributed by atoms with van der Waals surface area (Å²) < 4.78 is 39.7. The van der Waals surface area contributed by atoms with Gasteiger partial charge in [-0.05, 0) is 57.4 Å². The molecule has 1 fully saturated rings. The molecule has 0 aromatic heterocycles. The molecular weight excluding hydrogens is 277 g/mol. The maximum absolute atomic E-state index is 13.2. The standard InChI is InChI=1S/C16H23F3N2/c1-11(2)21(10-12-4-5-12)14-7-6-13(9-20-3)15(8-14)16(17,18)19/h6-8,11-12,20H,4-5,9-10H2,1-3H3. The van der Waals surface area contributed by atoms with Crippen molar-refractivity contribution in [3.05, 3.63) is 29.3 Å². The molecule has 0 aliphatic heterocycles. The van der Waals surface area contributed by atoms with Crippen LogP contribution in [0.1, 0.15) is 37.8 Å². The molecule has 0 unspecified atom stereocenters. The van der Waals surface area contributed by atoms with Crippen LogP contribution in [-0.4, -0.2) is 19.6 Å². The molecule has 118 valence electrons. The molecule has 21 heavy (non-hydrogen) atoms. The summed E-state index contributed by atoms with van der Waals surface area (Å²) in [6.07, 6.45) is -1.94. The van der Waals surface area contributed by atoms with Gasteiger partial charge in [-0.1, -0.05) is 6.07 Å². The maximum atomic E-state index is 13.2. The monoisotopic (exact) mass is 300 g/mol. The third-order valence-electron chi connectivity index (χ3n) is 3.87. The Balaban J connectivity index is 2.34. The topological polar surface area (TPSA) is 15.3 Å². The van der Waals surface area contributed by atoms with Gasteiger partial charge in [0.2, 0.25) is 0 Å². The Labute approximate surface area is 124 Å². The molecule has 1 saturated carbocycles. The highest BCUT2D eigenvalue weighted by atomic mass is 19.4. The molecule has 1 aliphatic carbocycles. The van der Waals surface area contributed by atoms with E-state index in [0.29, 0.717) is 17.2 Å². The fraction of sp³-hybridized carbons (Fsp3) is 0.625. The molecule has 2 nitrogen and oxygen atoms in total. The first-order valence-electron chi connectivity index (χ1n) is 7.44. The lowest BCUT2D eigenvalue weighted by Crippen LogP contribution is -2.33. The number of rotatable bonds is 6. The van der Waals surface area contributed by atoms with Crippen molar-refractivity contribution in [1.29, 1.82) is 0 Å². The lowest BCUT2D eigenvalue weighted by Gasteiger charge is -2.30. The van der Waals surface area contributed by atoms with Gasteiger partial charge in [-0.2, -0.15) is 13.2 Å². The molecule has 0 saturated heterocycles. The van der Waals surface area contributed by atoms with E-state index in [4.69, 9.17) is 0 Å². The average Bonchev–Trinajstić information content (AvgIpc) is 3.19. The zero-order valence-corrected chi connectivity index (χ0v) is 12.8. The van der Waals surface area contributed by atoms with E-state index < -0.39 is 11.7 Å². The van der Waals surface area contributed by atoms with Crippen LogP contribution in [0.25, 0.3) is 0 Å². The van der Waals surface area contributed by atoms with Gasteiger partial charge in [0, 0.05) is 24.8 Å². The highest BCUT2D eigenvalue weighted by Crippen LogP contribution is 2.37. The zero-order chi connectivity index (χ0) is 15.6. The van der Waals surface area contributed by atoms with E-state index in [1.54, 1.807) is 13.1 Å². The number of benzene rings is 1. The average molecular weight is 300 g/mol. The highest BCUT2D eigenvalue weighted by molar-refractivity contribution is 5.52. The summed E-state index contributed by atoms with van der Waals surface area (Å²) in [5.74, 6) is 0.638. The third kappa shape index (κ3) is 4.13. The Kier molecular flexibility index (Phi) is 4.81. The van der Waals surface area contributed by atoms with Gasteiger partial charge in [-0.15, -0.1) is 0 Å². The molecule has 0 heterocycles. The molecular formula is C16H23F3N2. The first-order chi connectivity index (χ1) is 9.82. The second kappa shape index (κ2) is 6.26. The Morgan fingerprint density at radius 3 is 2.43 bits per heavy atom. The van der Waals surface area contributed by atoms with E-state index in [0.717, 1.165) is 6.54 Å². The van der Waals surface area contributed by atoms with Gasteiger partial charge in [0.05, 0.1) is 5.56 Å². The van der Waals surface area contributed by atoms with E-state index in [9.17, 15) is 13.2 Å². The Hall–Kier alpha value is -1.23. The van der Waals surface area contributed by atoms with Crippen molar-refractivity contribution in [2.75, 3.05) is 18.5 Å². The van der Waals surface area contributed by atoms with Crippen LogP contribution in [0.4, 0.5) is 18.9 Å². The fourth-order valence-corrected chi connectivity index (χ4v) is 2.54. The second-order valence-corrected chi connectivity index (χ2v) is 6.06. The molecule has 0 amide bonds. The van der Waals surface area contributed by atoms with E-state index in [-0.39, 0.29) is 12.6 Å². The normalized spacial score (nSPS) is 15.6. The summed E-state index contributed by atoms with van der Waals surface area (Å²) in [6.45, 7) is 5.12. The lowest BCUT2D eigenvalue weighted by molar-refractivity contribution is -0.138. The van der Waals surface area contributed by atoms with Crippen LogP contribution in [-0.2, 0) is 12.7 Å². The lowest BCUT2D eigenvalue weighted by atomic mass is 10.0. The first-order valence-corrected chi connectivity index (χ1v) is 7.44. The van der Waals surface area contributed by atoms with Gasteiger partial charge in [-0.25, -0.2) is 0 Å². The van der Waals surface area contributed by atoms with Gasteiger partial charge >= 0.3 is 6.18 Å². The molecule has 1 N–H and O–H groups in total. The number of nitrogens with one attached hydrogen (secondary N) is 1. The summed E-state index contributed by atoms with van der Waals surface area (Å²) in [7, 11) is 1.65. The smallest absolute Gasteiger partial charge is 0.369 e. The van der Waals surface area contributed by atoms with Crippen LogP contribution in [0.5, 0.6) is 0 Å². The number of halogens is 3. The predicted octanol–water partition coefficient (Wildman–Crippen LogP) is 4.05. The quantitative estimate of drug-likeness (QED) is 0.852. The molecule has 0 bridgehead atoms. The van der Waals surface area contributed by atoms with Crippen molar-refractivity contribution in [1.82, 2.24) is 5.32 Å². The number of anilines is 1. The minimum Gasteiger partial charge on any atom is -0.369 e. The molecule has 0 radical (unpaired) electrons. The molecule has 0 atom stereocenters. The molecule has 1 aromatic carbocycles. The SMILES string of the molecule is CNCc1ccc(N(CC2CC2)C(C)C)cc1C(F)(F)F. The minimum atomic E-state index is -4.32. The van der Waals surface area contributed by atoms with Crippen molar-refractivity contribution >= 4 is 5.69 Å². The van der Waals surface area contributed by atoms with Crippen LogP contribution in [0.3, 0.4) is 0 Å². The van der Waals surface area contributed by atoms with Crippen molar-refractivity contribution in [2.45, 2.75) is 45.5 Å². The zero-order valence-electron chi connectivity index (χ0n) is 12.8. The Bertz CT molecular complexity index is 479. The second-order valence-electron chi connectivity index (χ2n) is 6.06. The summed E-state index contributed by atoms with van der Waals surface area (Å²) >= 11 is 0. The highest BCUT2D eigenvalue weighted by Gasteiger charge is 2.34. The van der Waals surface area contributed by atoms with Crippen LogP contribution in [0.15, 0.2) is 18.2 Å². The predicted molar refractivity (Wildman–Crippen MR) is 79.4 cm³/mol. The van der Waals surface area contributed by atoms with Crippen molar-refractivity contribution in [3.63, 3.8) is 0 Å². The number of hydrogen-bond acceptors (Lipinski definition) is 2. The Morgan fingerprint density at radius 2 is 1.95 bits per heavy atom. The van der Waals surface area contributed by atoms with Crippen molar-refractivity contribution in [3.8, 4) is 0 Å². The van der Waals surface area contributed by atoms with Crippen molar-refractivity contribution < 1.29 is 13.2 Å². The number of alkyl halides is 3. The minimum absolute atomic E-state index is 0.196. The van der Waals surface area contributed by atoms with E-state index in [1.165, 1.54) is 18.9 Å². The fourth-order valence-electron chi connectivity index (χ4n) is 2.54. The third-order valence-corrected chi connectivity index (χ3v) is 3.87. The van der Waals surface area contributed by atoms with Gasteiger partial charge < -0.3 is 10.2 Å². The number of hydrogen-bond donors (Lipinski definition) is 1. The molecule has 1 aliphatic rings. The Morgan fingerprint density at radius 1 is 1.29 bits per heavy atom. The van der Waals surface area contributed by atoms with E-state index >= 15 is 0 Å². The summed E-state index contributed by atoms with van der Waals surface area (Å²) in [5, 5.41) is 2.80. The molecule has 2 rings (SSSR count). The van der Waals surface area contributed by atoms with Crippen LogP contribution >= 0.6 is 0 Å². The van der Waals surface area contributed by atoms with Gasteiger partial charge in [0.15, 0.2) is 0 Å². The van der Waals surface area contributed by atoms with E-state index in [1.807, 2.05) is 19.9 Å². The molecule has 5 heteroatoms. The summed E-state index contributed by atoms with van der Waals surface area (Å²) in [5.41, 5.74) is 0.434. The van der Waals surface area contributed by atoms with Gasteiger partial charge in [0.1, 0.15) is 0 Å². The van der Waals surface area contributed by atoms with Crippen LogP contribution in [0, 0.1) is 5.92 Å². The van der Waals surface area contributed by atoms with E-state index in [2.05, 4.69) is 10.2 Å². The molecule has 0 spiro atoms. The van der Waals surface area contributed by atoms with Gasteiger partial charge in [-0.3, -0.25) is 0 Å². The maximum Gasteiger partial charge on any atom is 0.416 e.